The van der Waals surface area contributed by atoms with Crippen LogP contribution in [0.4, 0.5) is 0 Å². The molecule has 11 rings (SSSR count). The van der Waals surface area contributed by atoms with E-state index in [1.807, 2.05) is 36.4 Å². The van der Waals surface area contributed by atoms with Gasteiger partial charge in [0, 0.05) is 38.4 Å². The summed E-state index contributed by atoms with van der Waals surface area (Å²) < 4.78 is 12.8. The Hall–Kier alpha value is -6.52. The molecular weight excluding hydrogens is 601 g/mol. The van der Waals surface area contributed by atoms with Crippen molar-refractivity contribution in [2.24, 2.45) is 0 Å². The maximum Gasteiger partial charge on any atom is 0.161 e. The lowest BCUT2D eigenvalue weighted by molar-refractivity contribution is 0.436. The molecule has 2 aliphatic rings. The maximum atomic E-state index is 6.56. The molecule has 0 unspecified atom stereocenters. The first-order chi connectivity index (χ1) is 24.3. The predicted octanol–water partition coefficient (Wildman–Crippen LogP) is 11.3. The third-order valence-electron chi connectivity index (χ3n) is 10.4. The number of nitrogens with zero attached hydrogens (tertiary/aromatic N) is 2. The number of aromatic nitrogens is 2. The minimum Gasteiger partial charge on any atom is -0.457 e. The topological polar surface area (TPSA) is 48.2 Å². The third-order valence-corrected chi connectivity index (χ3v) is 10.4. The molecule has 0 saturated carbocycles. The highest BCUT2D eigenvalue weighted by Crippen LogP contribution is 2.63. The molecule has 1 spiro atoms. The number of benzene rings is 7. The van der Waals surface area contributed by atoms with E-state index < -0.39 is 5.41 Å². The van der Waals surface area contributed by atoms with Crippen molar-refractivity contribution in [2.75, 3.05) is 0 Å². The van der Waals surface area contributed by atoms with Crippen LogP contribution in [0.25, 0.3) is 66.6 Å². The number of hydrogen-bond donors (Lipinski definition) is 0. The summed E-state index contributed by atoms with van der Waals surface area (Å²) >= 11 is 0. The molecule has 228 valence electrons. The van der Waals surface area contributed by atoms with Gasteiger partial charge in [-0.2, -0.15) is 0 Å². The fourth-order valence-electron chi connectivity index (χ4n) is 8.46. The van der Waals surface area contributed by atoms with Crippen molar-refractivity contribution in [3.8, 4) is 45.3 Å². The Bertz CT molecular complexity index is 2780. The molecule has 0 N–H and O–H groups in total. The second-order valence-electron chi connectivity index (χ2n) is 12.8. The Morgan fingerprint density at radius 3 is 1.86 bits per heavy atom. The third kappa shape index (κ3) is 3.47. The van der Waals surface area contributed by atoms with Gasteiger partial charge in [-0.15, -0.1) is 0 Å². The Morgan fingerprint density at radius 1 is 0.429 bits per heavy atom. The highest BCUT2D eigenvalue weighted by molar-refractivity contribution is 6.12. The number of para-hydroxylation sites is 4. The molecule has 1 aliphatic carbocycles. The summed E-state index contributed by atoms with van der Waals surface area (Å²) in [6.07, 6.45) is 0. The lowest BCUT2D eigenvalue weighted by atomic mass is 9.66. The molecular formula is C45H26N2O2. The first-order valence-corrected chi connectivity index (χ1v) is 16.6. The van der Waals surface area contributed by atoms with Crippen molar-refractivity contribution in [3.05, 3.63) is 180 Å². The van der Waals surface area contributed by atoms with Gasteiger partial charge in [0.05, 0.1) is 16.6 Å². The van der Waals surface area contributed by atoms with Crippen LogP contribution in [0.15, 0.2) is 162 Å². The Kier molecular flexibility index (Phi) is 5.28. The van der Waals surface area contributed by atoms with Crippen LogP contribution < -0.4 is 4.74 Å². The van der Waals surface area contributed by atoms with Gasteiger partial charge < -0.3 is 9.15 Å². The number of ether oxygens (including phenoxy) is 1. The van der Waals surface area contributed by atoms with Crippen LogP contribution in [0, 0.1) is 0 Å². The van der Waals surface area contributed by atoms with Gasteiger partial charge in [0.2, 0.25) is 0 Å². The normalized spacial score (nSPS) is 13.6. The standard InChI is InChI=1S/C45H26N2O2/c1-4-18-32-27(13-1)41-30(16-11-21-35(41)45(32)33-19-5-9-24-38(33)49-39-25-10-6-20-34(39)45)43-28-14-2-7-22-36(28)46-44(47-43)31-17-12-26-40-42(31)29-15-3-8-23-37(29)48-40/h1-26H. The van der Waals surface area contributed by atoms with Crippen LogP contribution in [0.2, 0.25) is 0 Å². The van der Waals surface area contributed by atoms with Gasteiger partial charge in [0.25, 0.3) is 0 Å². The quantitative estimate of drug-likeness (QED) is 0.192. The van der Waals surface area contributed by atoms with E-state index in [-0.39, 0.29) is 0 Å². The zero-order chi connectivity index (χ0) is 32.1. The summed E-state index contributed by atoms with van der Waals surface area (Å²) in [7, 11) is 0. The zero-order valence-corrected chi connectivity index (χ0v) is 26.2. The molecule has 4 nitrogen and oxygen atoms in total. The largest absolute Gasteiger partial charge is 0.457 e. The van der Waals surface area contributed by atoms with Crippen LogP contribution in [0.1, 0.15) is 22.3 Å². The lowest BCUT2D eigenvalue weighted by Crippen LogP contribution is -2.32. The van der Waals surface area contributed by atoms with E-state index in [2.05, 4.69) is 121 Å². The summed E-state index contributed by atoms with van der Waals surface area (Å²) in [6, 6.07) is 55.2. The zero-order valence-electron chi connectivity index (χ0n) is 26.2. The van der Waals surface area contributed by atoms with Gasteiger partial charge in [0.15, 0.2) is 5.82 Å². The minimum atomic E-state index is -0.555. The van der Waals surface area contributed by atoms with E-state index in [9.17, 15) is 0 Å². The smallest absolute Gasteiger partial charge is 0.161 e. The van der Waals surface area contributed by atoms with Crippen molar-refractivity contribution in [2.45, 2.75) is 5.41 Å². The number of hydrogen-bond acceptors (Lipinski definition) is 4. The Balaban J connectivity index is 1.25. The van der Waals surface area contributed by atoms with Crippen LogP contribution in [0.3, 0.4) is 0 Å². The molecule has 9 aromatic rings. The van der Waals surface area contributed by atoms with Gasteiger partial charge in [-0.1, -0.05) is 127 Å². The van der Waals surface area contributed by atoms with E-state index in [1.165, 1.54) is 22.3 Å². The molecule has 0 bridgehead atoms. The Morgan fingerprint density at radius 2 is 1.02 bits per heavy atom. The fourth-order valence-corrected chi connectivity index (χ4v) is 8.46. The molecule has 4 heteroatoms. The molecule has 1 aliphatic heterocycles. The molecule has 2 aromatic heterocycles. The van der Waals surface area contributed by atoms with Crippen LogP contribution in [-0.2, 0) is 5.41 Å². The number of fused-ring (bicyclic) bond motifs is 13. The van der Waals surface area contributed by atoms with Crippen molar-refractivity contribution >= 4 is 32.8 Å². The first kappa shape index (κ1) is 26.5. The summed E-state index contributed by atoms with van der Waals surface area (Å²) in [4.78, 5) is 10.7. The maximum absolute atomic E-state index is 6.56. The Labute approximate surface area is 281 Å². The molecule has 0 radical (unpaired) electrons. The van der Waals surface area contributed by atoms with Crippen molar-refractivity contribution < 1.29 is 9.15 Å². The van der Waals surface area contributed by atoms with Gasteiger partial charge in [-0.05, 0) is 52.6 Å². The fraction of sp³-hybridized carbons (Fsp3) is 0.0222. The summed E-state index contributed by atoms with van der Waals surface area (Å²) in [6.45, 7) is 0. The minimum absolute atomic E-state index is 0.555. The predicted molar refractivity (Wildman–Crippen MR) is 195 cm³/mol. The molecule has 0 atom stereocenters. The lowest BCUT2D eigenvalue weighted by Gasteiger charge is -2.39. The first-order valence-electron chi connectivity index (χ1n) is 16.6. The average molecular weight is 627 g/mol. The van der Waals surface area contributed by atoms with Gasteiger partial charge in [0.1, 0.15) is 22.7 Å². The molecule has 0 amide bonds. The molecule has 0 fully saturated rings. The summed E-state index contributed by atoms with van der Waals surface area (Å²) in [5.41, 5.74) is 12.1. The second-order valence-corrected chi connectivity index (χ2v) is 12.8. The SMILES string of the molecule is c1ccc2c(c1)Oc1ccccc1C21c2ccccc2-c2c(-c3nc(-c4cccc5oc6ccccc6c45)nc4ccccc34)cccc21. The van der Waals surface area contributed by atoms with E-state index in [0.717, 1.165) is 72.3 Å². The van der Waals surface area contributed by atoms with Crippen molar-refractivity contribution in [1.82, 2.24) is 9.97 Å². The molecule has 3 heterocycles. The van der Waals surface area contributed by atoms with Crippen LogP contribution in [0.5, 0.6) is 11.5 Å². The number of rotatable bonds is 2. The highest BCUT2D eigenvalue weighted by atomic mass is 16.5. The van der Waals surface area contributed by atoms with Crippen molar-refractivity contribution in [3.63, 3.8) is 0 Å². The van der Waals surface area contributed by atoms with Crippen molar-refractivity contribution in [1.29, 1.82) is 0 Å². The van der Waals surface area contributed by atoms with E-state index >= 15 is 0 Å². The van der Waals surface area contributed by atoms with E-state index in [0.29, 0.717) is 5.82 Å². The highest BCUT2D eigenvalue weighted by Gasteiger charge is 2.51. The number of furan rings is 1. The molecule has 7 aromatic carbocycles. The average Bonchev–Trinajstić information content (AvgIpc) is 3.69. The summed E-state index contributed by atoms with van der Waals surface area (Å²) in [5.74, 6) is 2.43. The van der Waals surface area contributed by atoms with Gasteiger partial charge in [-0.25, -0.2) is 9.97 Å². The monoisotopic (exact) mass is 626 g/mol. The van der Waals surface area contributed by atoms with E-state index in [4.69, 9.17) is 19.1 Å². The van der Waals surface area contributed by atoms with Gasteiger partial charge in [-0.3, -0.25) is 0 Å². The van der Waals surface area contributed by atoms with E-state index in [1.54, 1.807) is 0 Å². The van der Waals surface area contributed by atoms with Crippen LogP contribution >= 0.6 is 0 Å². The molecule has 0 saturated heterocycles. The summed E-state index contributed by atoms with van der Waals surface area (Å²) in [5, 5.41) is 3.09. The molecule has 49 heavy (non-hydrogen) atoms. The van der Waals surface area contributed by atoms with Gasteiger partial charge >= 0.3 is 0 Å². The second kappa shape index (κ2) is 9.75. The van der Waals surface area contributed by atoms with Crippen LogP contribution in [-0.4, -0.2) is 9.97 Å².